The summed E-state index contributed by atoms with van der Waals surface area (Å²) < 4.78 is 65.1. The molecule has 0 radical (unpaired) electrons. The van der Waals surface area contributed by atoms with Gasteiger partial charge < -0.3 is 5.32 Å². The Morgan fingerprint density at radius 1 is 1.38 bits per heavy atom. The molecule has 3 N–H and O–H groups in total. The highest BCUT2D eigenvalue weighted by Crippen LogP contribution is 2.49. The number of rotatable bonds is 6. The van der Waals surface area contributed by atoms with Crippen LogP contribution in [0.15, 0.2) is 4.90 Å². The maximum atomic E-state index is 12.9. The molecule has 1 aliphatic carbocycles. The normalized spacial score (nSPS) is 18.0. The number of sulfonamides is 1. The van der Waals surface area contributed by atoms with Gasteiger partial charge in [-0.1, -0.05) is 6.92 Å². The summed E-state index contributed by atoms with van der Waals surface area (Å²) in [4.78, 5) is -0.209. The Hall–Kier alpha value is -1.13. The van der Waals surface area contributed by atoms with Crippen LogP contribution < -0.4 is 10.0 Å². The van der Waals surface area contributed by atoms with Gasteiger partial charge in [0.25, 0.3) is 0 Å². The fourth-order valence-electron chi connectivity index (χ4n) is 2.07. The van der Waals surface area contributed by atoms with Gasteiger partial charge in [0, 0.05) is 6.54 Å². The second kappa shape index (κ2) is 5.25. The Labute approximate surface area is 120 Å². The molecule has 1 aromatic heterocycles. The van der Waals surface area contributed by atoms with E-state index in [1.165, 1.54) is 6.92 Å². The van der Waals surface area contributed by atoms with Crippen molar-refractivity contribution in [3.8, 4) is 0 Å². The van der Waals surface area contributed by atoms with Gasteiger partial charge in [-0.15, -0.1) is 0 Å². The zero-order valence-electron chi connectivity index (χ0n) is 11.6. The SMILES string of the molecule is CCNCc1n[nH]c(C)c1S(=O)(=O)NC1(C(F)(F)F)CC1. The third-order valence-electron chi connectivity index (χ3n) is 3.39. The van der Waals surface area contributed by atoms with Gasteiger partial charge in [-0.25, -0.2) is 8.42 Å². The molecule has 1 saturated carbocycles. The van der Waals surface area contributed by atoms with E-state index >= 15 is 0 Å². The minimum atomic E-state index is -4.60. The number of nitrogens with zero attached hydrogens (tertiary/aromatic N) is 1. The minimum absolute atomic E-state index is 0.163. The summed E-state index contributed by atoms with van der Waals surface area (Å²) in [7, 11) is -4.29. The van der Waals surface area contributed by atoms with E-state index in [1.54, 1.807) is 4.72 Å². The van der Waals surface area contributed by atoms with E-state index in [4.69, 9.17) is 0 Å². The first-order valence-electron chi connectivity index (χ1n) is 6.48. The van der Waals surface area contributed by atoms with E-state index in [2.05, 4.69) is 15.5 Å². The molecule has 0 saturated heterocycles. The standard InChI is InChI=1S/C11H17F3N4O2S/c1-3-15-6-8-9(7(2)16-17-8)21(19,20)18-10(4-5-10)11(12,13)14/h15,18H,3-6H2,1-2H3,(H,16,17). The van der Waals surface area contributed by atoms with Crippen molar-refractivity contribution in [1.82, 2.24) is 20.2 Å². The Morgan fingerprint density at radius 2 is 2.00 bits per heavy atom. The van der Waals surface area contributed by atoms with Crippen LogP contribution in [0.1, 0.15) is 31.2 Å². The molecule has 0 spiro atoms. The molecule has 6 nitrogen and oxygen atoms in total. The molecule has 0 amide bonds. The van der Waals surface area contributed by atoms with Crippen molar-refractivity contribution in [1.29, 1.82) is 0 Å². The number of H-pyrrole nitrogens is 1. The van der Waals surface area contributed by atoms with Crippen molar-refractivity contribution < 1.29 is 21.6 Å². The predicted molar refractivity (Wildman–Crippen MR) is 69.0 cm³/mol. The molecule has 10 heteroatoms. The molecule has 0 aliphatic heterocycles. The number of alkyl halides is 3. The third-order valence-corrected chi connectivity index (χ3v) is 5.13. The molecule has 0 aromatic carbocycles. The first-order chi connectivity index (χ1) is 9.63. The topological polar surface area (TPSA) is 86.9 Å². The largest absolute Gasteiger partial charge is 0.407 e. The smallest absolute Gasteiger partial charge is 0.311 e. The number of nitrogens with one attached hydrogen (secondary N) is 3. The van der Waals surface area contributed by atoms with E-state index in [-0.39, 0.29) is 35.7 Å². The zero-order chi connectivity index (χ0) is 15.9. The zero-order valence-corrected chi connectivity index (χ0v) is 12.5. The molecular weight excluding hydrogens is 309 g/mol. The molecule has 2 rings (SSSR count). The van der Waals surface area contributed by atoms with Crippen molar-refractivity contribution in [3.05, 3.63) is 11.4 Å². The lowest BCUT2D eigenvalue weighted by Gasteiger charge is -2.20. The number of aromatic amines is 1. The first kappa shape index (κ1) is 16.2. The van der Waals surface area contributed by atoms with Gasteiger partial charge in [0.05, 0.1) is 11.4 Å². The van der Waals surface area contributed by atoms with Crippen LogP contribution in [-0.4, -0.2) is 36.9 Å². The van der Waals surface area contributed by atoms with Crippen molar-refractivity contribution in [2.24, 2.45) is 0 Å². The van der Waals surface area contributed by atoms with Crippen molar-refractivity contribution >= 4 is 10.0 Å². The quantitative estimate of drug-likeness (QED) is 0.733. The van der Waals surface area contributed by atoms with Gasteiger partial charge in [-0.3, -0.25) is 5.10 Å². The van der Waals surface area contributed by atoms with E-state index in [9.17, 15) is 21.6 Å². The maximum Gasteiger partial charge on any atom is 0.407 e. The lowest BCUT2D eigenvalue weighted by atomic mass is 10.3. The summed E-state index contributed by atoms with van der Waals surface area (Å²) in [6.45, 7) is 4.04. The van der Waals surface area contributed by atoms with Crippen molar-refractivity contribution in [2.75, 3.05) is 6.54 Å². The highest BCUT2D eigenvalue weighted by atomic mass is 32.2. The Balaban J connectivity index is 2.31. The van der Waals surface area contributed by atoms with E-state index in [0.717, 1.165) is 0 Å². The van der Waals surface area contributed by atoms with E-state index < -0.39 is 21.7 Å². The van der Waals surface area contributed by atoms with Crippen molar-refractivity contribution in [2.45, 2.75) is 49.8 Å². The maximum absolute atomic E-state index is 12.9. The van der Waals surface area contributed by atoms with Crippen LogP contribution in [0, 0.1) is 6.92 Å². The Bertz CT molecular complexity index is 620. The molecule has 0 atom stereocenters. The molecular formula is C11H17F3N4O2S. The predicted octanol–water partition coefficient (Wildman–Crippen LogP) is 1.20. The summed E-state index contributed by atoms with van der Waals surface area (Å²) in [6, 6.07) is 0. The number of hydrogen-bond donors (Lipinski definition) is 3. The van der Waals surface area contributed by atoms with Gasteiger partial charge in [0.15, 0.2) is 0 Å². The summed E-state index contributed by atoms with van der Waals surface area (Å²) >= 11 is 0. The first-order valence-corrected chi connectivity index (χ1v) is 7.96. The number of hydrogen-bond acceptors (Lipinski definition) is 4. The molecule has 1 aromatic rings. The summed E-state index contributed by atoms with van der Waals surface area (Å²) in [5.41, 5.74) is -1.93. The molecule has 21 heavy (non-hydrogen) atoms. The van der Waals surface area contributed by atoms with Gasteiger partial charge in [0.1, 0.15) is 10.4 Å². The van der Waals surface area contributed by atoms with Gasteiger partial charge in [0.2, 0.25) is 10.0 Å². The molecule has 1 heterocycles. The molecule has 0 bridgehead atoms. The molecule has 1 fully saturated rings. The van der Waals surface area contributed by atoms with Gasteiger partial charge >= 0.3 is 6.18 Å². The Kier molecular flexibility index (Phi) is 4.06. The number of aromatic nitrogens is 2. The monoisotopic (exact) mass is 326 g/mol. The van der Waals surface area contributed by atoms with Gasteiger partial charge in [-0.05, 0) is 26.3 Å². The summed E-state index contributed by atoms with van der Waals surface area (Å²) in [5, 5.41) is 9.25. The highest BCUT2D eigenvalue weighted by Gasteiger charge is 2.65. The second-order valence-corrected chi connectivity index (χ2v) is 6.71. The molecule has 0 unspecified atom stereocenters. The number of aryl methyl sites for hydroxylation is 1. The highest BCUT2D eigenvalue weighted by molar-refractivity contribution is 7.89. The Morgan fingerprint density at radius 3 is 2.48 bits per heavy atom. The van der Waals surface area contributed by atoms with Crippen molar-refractivity contribution in [3.63, 3.8) is 0 Å². The van der Waals surface area contributed by atoms with Crippen LogP contribution in [0.25, 0.3) is 0 Å². The lowest BCUT2D eigenvalue weighted by molar-refractivity contribution is -0.160. The van der Waals surface area contributed by atoms with E-state index in [1.807, 2.05) is 6.92 Å². The second-order valence-electron chi connectivity index (χ2n) is 5.09. The summed E-state index contributed by atoms with van der Waals surface area (Å²) in [6.07, 6.45) is -5.08. The van der Waals surface area contributed by atoms with Crippen LogP contribution in [0.2, 0.25) is 0 Å². The van der Waals surface area contributed by atoms with Crippen LogP contribution in [0.4, 0.5) is 13.2 Å². The summed E-state index contributed by atoms with van der Waals surface area (Å²) in [5.74, 6) is 0. The van der Waals surface area contributed by atoms with Crippen LogP contribution in [0.5, 0.6) is 0 Å². The fraction of sp³-hybridized carbons (Fsp3) is 0.727. The average Bonchev–Trinajstić information content (AvgIpc) is 3.02. The van der Waals surface area contributed by atoms with Crippen LogP contribution >= 0.6 is 0 Å². The lowest BCUT2D eigenvalue weighted by Crippen LogP contribution is -2.48. The van der Waals surface area contributed by atoms with Gasteiger partial charge in [-0.2, -0.15) is 23.0 Å². The third kappa shape index (κ3) is 3.06. The fourth-order valence-corrected chi connectivity index (χ4v) is 3.88. The van der Waals surface area contributed by atoms with Crippen LogP contribution in [0.3, 0.4) is 0 Å². The average molecular weight is 326 g/mol. The number of halogens is 3. The van der Waals surface area contributed by atoms with E-state index in [0.29, 0.717) is 6.54 Å². The molecule has 1 aliphatic rings. The minimum Gasteiger partial charge on any atom is -0.311 e. The van der Waals surface area contributed by atoms with Crippen LogP contribution in [-0.2, 0) is 16.6 Å². The molecule has 120 valence electrons.